The fraction of sp³-hybridized carbons (Fsp3) is 0.727. The van der Waals surface area contributed by atoms with Crippen molar-refractivity contribution in [1.82, 2.24) is 9.80 Å². The molecule has 0 N–H and O–H groups in total. The standard InChI is InChI=1S/C22H33BrN2O3S2/c1-5-12-30-22(29)25-10-8-24(9-11-25)19-18(23)20(26)28-21(19)27-17-13-15(4)6-7-16(17)14(2)3/h5,14-17,21H,1,6-13H2,2-4H3/t15-,16+,17-,21+/m1/s1. The molecule has 168 valence electrons. The van der Waals surface area contributed by atoms with Crippen molar-refractivity contribution in [2.45, 2.75) is 52.4 Å². The van der Waals surface area contributed by atoms with Crippen LogP contribution in [0.4, 0.5) is 0 Å². The molecule has 30 heavy (non-hydrogen) atoms. The molecule has 2 fully saturated rings. The smallest absolute Gasteiger partial charge is 0.349 e. The molecule has 1 saturated heterocycles. The summed E-state index contributed by atoms with van der Waals surface area (Å²) in [4.78, 5) is 16.8. The van der Waals surface area contributed by atoms with Crippen molar-refractivity contribution < 1.29 is 14.3 Å². The SMILES string of the molecule is C=CCSC(=S)N1CCN(C2=C(Br)C(=O)O[C@@H]2O[C@@H]2C[C@H](C)CC[C@H]2C(C)C)CC1. The van der Waals surface area contributed by atoms with E-state index in [-0.39, 0.29) is 12.1 Å². The summed E-state index contributed by atoms with van der Waals surface area (Å²) in [6, 6.07) is 0. The normalized spacial score (nSPS) is 30.1. The molecule has 4 atom stereocenters. The lowest BCUT2D eigenvalue weighted by Gasteiger charge is -2.41. The molecule has 0 aromatic heterocycles. The summed E-state index contributed by atoms with van der Waals surface area (Å²) >= 11 is 10.6. The van der Waals surface area contributed by atoms with Gasteiger partial charge in [-0.15, -0.1) is 6.58 Å². The third kappa shape index (κ3) is 5.61. The second-order valence-electron chi connectivity index (χ2n) is 8.78. The Kier molecular flexibility index (Phi) is 8.70. The number of thiocarbonyl (C=S) groups is 1. The molecule has 2 aliphatic heterocycles. The summed E-state index contributed by atoms with van der Waals surface area (Å²) in [6.45, 7) is 13.8. The van der Waals surface area contributed by atoms with E-state index in [0.717, 1.165) is 48.4 Å². The molecular formula is C22H33BrN2O3S2. The summed E-state index contributed by atoms with van der Waals surface area (Å²) < 4.78 is 13.6. The number of ether oxygens (including phenoxy) is 2. The highest BCUT2D eigenvalue weighted by Gasteiger charge is 2.42. The maximum Gasteiger partial charge on any atom is 0.349 e. The molecule has 0 aromatic rings. The quantitative estimate of drug-likeness (QED) is 0.286. The van der Waals surface area contributed by atoms with Crippen molar-refractivity contribution in [3.63, 3.8) is 0 Å². The molecule has 0 radical (unpaired) electrons. The van der Waals surface area contributed by atoms with E-state index in [9.17, 15) is 4.79 Å². The van der Waals surface area contributed by atoms with Gasteiger partial charge in [-0.25, -0.2) is 4.79 Å². The fourth-order valence-corrected chi connectivity index (χ4v) is 6.12. The Morgan fingerprint density at radius 3 is 2.70 bits per heavy atom. The number of thioether (sulfide) groups is 1. The first kappa shape index (κ1) is 24.1. The average molecular weight is 518 g/mol. The number of carbonyl (C=O) groups is 1. The van der Waals surface area contributed by atoms with Crippen molar-refractivity contribution in [2.75, 3.05) is 31.9 Å². The van der Waals surface area contributed by atoms with Crippen molar-refractivity contribution in [3.05, 3.63) is 22.8 Å². The largest absolute Gasteiger partial charge is 0.426 e. The van der Waals surface area contributed by atoms with Gasteiger partial charge in [-0.05, 0) is 46.5 Å². The summed E-state index contributed by atoms with van der Waals surface area (Å²) in [7, 11) is 0. The number of nitrogens with zero attached hydrogens (tertiary/aromatic N) is 2. The Morgan fingerprint density at radius 2 is 2.07 bits per heavy atom. The van der Waals surface area contributed by atoms with E-state index in [1.54, 1.807) is 11.8 Å². The number of hydrogen-bond acceptors (Lipinski definition) is 6. The van der Waals surface area contributed by atoms with Crippen LogP contribution in [0.3, 0.4) is 0 Å². The molecular weight excluding hydrogens is 484 g/mol. The number of piperazine rings is 1. The van der Waals surface area contributed by atoms with Gasteiger partial charge in [0.15, 0.2) is 0 Å². The van der Waals surface area contributed by atoms with Gasteiger partial charge in [-0.2, -0.15) is 0 Å². The molecule has 0 amide bonds. The lowest BCUT2D eigenvalue weighted by Crippen LogP contribution is -2.49. The van der Waals surface area contributed by atoms with Crippen LogP contribution in [0.15, 0.2) is 22.8 Å². The van der Waals surface area contributed by atoms with Crippen molar-refractivity contribution in [1.29, 1.82) is 0 Å². The Hall–Kier alpha value is -0.570. The molecule has 1 aliphatic carbocycles. The topological polar surface area (TPSA) is 42.0 Å². The Balaban J connectivity index is 1.66. The maximum absolute atomic E-state index is 12.4. The van der Waals surface area contributed by atoms with Gasteiger partial charge in [0.25, 0.3) is 0 Å². The predicted molar refractivity (Wildman–Crippen MR) is 130 cm³/mol. The highest BCUT2D eigenvalue weighted by molar-refractivity contribution is 9.12. The summed E-state index contributed by atoms with van der Waals surface area (Å²) in [5.74, 6) is 2.17. The van der Waals surface area contributed by atoms with Crippen LogP contribution < -0.4 is 0 Å². The van der Waals surface area contributed by atoms with E-state index >= 15 is 0 Å². The van der Waals surface area contributed by atoms with E-state index < -0.39 is 6.29 Å². The Bertz CT molecular complexity index is 692. The molecule has 1 saturated carbocycles. The van der Waals surface area contributed by atoms with Gasteiger partial charge in [0.2, 0.25) is 6.29 Å². The molecule has 0 unspecified atom stereocenters. The van der Waals surface area contributed by atoms with Crippen molar-refractivity contribution >= 4 is 50.2 Å². The molecule has 8 heteroatoms. The van der Waals surface area contributed by atoms with Crippen LogP contribution in [0.5, 0.6) is 0 Å². The summed E-state index contributed by atoms with van der Waals surface area (Å²) in [6.07, 6.45) is 4.79. The molecule has 0 bridgehead atoms. The van der Waals surface area contributed by atoms with E-state index in [2.05, 4.69) is 53.1 Å². The first-order valence-electron chi connectivity index (χ1n) is 10.9. The number of esters is 1. The first-order chi connectivity index (χ1) is 14.3. The Labute approximate surface area is 198 Å². The van der Waals surface area contributed by atoms with Crippen LogP contribution >= 0.6 is 39.9 Å². The van der Waals surface area contributed by atoms with Gasteiger partial charge in [-0.1, -0.05) is 57.2 Å². The minimum absolute atomic E-state index is 0.115. The van der Waals surface area contributed by atoms with Crippen LogP contribution in [0.1, 0.15) is 40.0 Å². The summed E-state index contributed by atoms with van der Waals surface area (Å²) in [5, 5.41) is 0. The maximum atomic E-state index is 12.4. The van der Waals surface area contributed by atoms with Gasteiger partial charge in [-0.3, -0.25) is 0 Å². The van der Waals surface area contributed by atoms with Gasteiger partial charge >= 0.3 is 5.97 Å². The summed E-state index contributed by atoms with van der Waals surface area (Å²) in [5.41, 5.74) is 0.838. The zero-order valence-corrected chi connectivity index (χ0v) is 21.4. The number of rotatable bonds is 6. The molecule has 0 spiro atoms. The number of carbonyl (C=O) groups excluding carboxylic acids is 1. The average Bonchev–Trinajstić information content (AvgIpc) is 2.99. The number of cyclic esters (lactones) is 1. The molecule has 0 aromatic carbocycles. The molecule has 2 heterocycles. The highest BCUT2D eigenvalue weighted by atomic mass is 79.9. The van der Waals surface area contributed by atoms with Crippen LogP contribution in [-0.2, 0) is 14.3 Å². The van der Waals surface area contributed by atoms with Gasteiger partial charge in [0, 0.05) is 31.9 Å². The van der Waals surface area contributed by atoms with E-state index in [0.29, 0.717) is 22.2 Å². The molecule has 5 nitrogen and oxygen atoms in total. The van der Waals surface area contributed by atoms with Crippen molar-refractivity contribution in [2.24, 2.45) is 17.8 Å². The minimum atomic E-state index is -0.628. The predicted octanol–water partition coefficient (Wildman–Crippen LogP) is 4.77. The second-order valence-corrected chi connectivity index (χ2v) is 11.2. The molecule has 3 aliphatic rings. The zero-order valence-electron chi connectivity index (χ0n) is 18.1. The van der Waals surface area contributed by atoms with Crippen LogP contribution in [0.25, 0.3) is 0 Å². The van der Waals surface area contributed by atoms with Crippen LogP contribution in [0.2, 0.25) is 0 Å². The second kappa shape index (κ2) is 10.8. The Morgan fingerprint density at radius 1 is 1.37 bits per heavy atom. The molecule has 3 rings (SSSR count). The van der Waals surface area contributed by atoms with E-state index in [1.165, 1.54) is 12.8 Å². The van der Waals surface area contributed by atoms with Crippen LogP contribution in [-0.4, -0.2) is 64.4 Å². The number of hydrogen-bond donors (Lipinski definition) is 0. The third-order valence-electron chi connectivity index (χ3n) is 6.30. The van der Waals surface area contributed by atoms with E-state index in [4.69, 9.17) is 21.7 Å². The van der Waals surface area contributed by atoms with Crippen LogP contribution in [0, 0.1) is 17.8 Å². The lowest BCUT2D eigenvalue weighted by molar-refractivity contribution is -0.185. The van der Waals surface area contributed by atoms with Crippen molar-refractivity contribution in [3.8, 4) is 0 Å². The lowest BCUT2D eigenvalue weighted by atomic mass is 9.75. The monoisotopic (exact) mass is 516 g/mol. The van der Waals surface area contributed by atoms with Gasteiger partial charge in [0.05, 0.1) is 6.10 Å². The van der Waals surface area contributed by atoms with Gasteiger partial charge < -0.3 is 19.3 Å². The zero-order chi connectivity index (χ0) is 21.8. The van der Waals surface area contributed by atoms with Gasteiger partial charge in [0.1, 0.15) is 14.5 Å². The third-order valence-corrected chi connectivity index (χ3v) is 8.55. The number of halogens is 1. The van der Waals surface area contributed by atoms with E-state index in [1.807, 2.05) is 6.08 Å². The first-order valence-corrected chi connectivity index (χ1v) is 13.0. The minimum Gasteiger partial charge on any atom is -0.426 e. The fourth-order valence-electron chi connectivity index (χ4n) is 4.57. The highest BCUT2D eigenvalue weighted by Crippen LogP contribution is 2.39.